The summed E-state index contributed by atoms with van der Waals surface area (Å²) in [4.78, 5) is 2.50. The number of thiophene rings is 1. The fourth-order valence-electron chi connectivity index (χ4n) is 2.59. The van der Waals surface area contributed by atoms with Gasteiger partial charge in [-0.3, -0.25) is 0 Å². The summed E-state index contributed by atoms with van der Waals surface area (Å²) in [5.74, 6) is 0. The maximum atomic E-state index is 12.8. The third-order valence-corrected chi connectivity index (χ3v) is 7.00. The second-order valence-electron chi connectivity index (χ2n) is 5.99. The van der Waals surface area contributed by atoms with Gasteiger partial charge in [0.05, 0.1) is 4.90 Å². The molecule has 6 heteroatoms. The molecule has 1 aliphatic heterocycles. The van der Waals surface area contributed by atoms with Crippen molar-refractivity contribution in [2.24, 2.45) is 0 Å². The van der Waals surface area contributed by atoms with E-state index >= 15 is 0 Å². The highest BCUT2D eigenvalue weighted by Crippen LogP contribution is 2.29. The van der Waals surface area contributed by atoms with E-state index in [0.29, 0.717) is 24.0 Å². The fraction of sp³-hybridized carbons (Fsp3) is 0.733. The van der Waals surface area contributed by atoms with E-state index in [4.69, 9.17) is 0 Å². The minimum atomic E-state index is -3.32. The Kier molecular flexibility index (Phi) is 5.82. The third kappa shape index (κ3) is 4.28. The molecule has 0 radical (unpaired) electrons. The van der Waals surface area contributed by atoms with Crippen molar-refractivity contribution in [1.29, 1.82) is 0 Å². The Bertz CT molecular complexity index is 556. The van der Waals surface area contributed by atoms with Crippen LogP contribution in [0.4, 0.5) is 0 Å². The number of nitrogens with one attached hydrogen (secondary N) is 1. The Hall–Kier alpha value is -0.430. The number of hydrogen-bond acceptors (Lipinski definition) is 4. The van der Waals surface area contributed by atoms with Crippen LogP contribution in [-0.2, 0) is 16.6 Å². The van der Waals surface area contributed by atoms with Crippen LogP contribution in [0.3, 0.4) is 0 Å². The molecule has 1 N–H and O–H groups in total. The van der Waals surface area contributed by atoms with E-state index in [0.717, 1.165) is 42.0 Å². The van der Waals surface area contributed by atoms with Gasteiger partial charge in [-0.05, 0) is 25.8 Å². The summed E-state index contributed by atoms with van der Waals surface area (Å²) in [6, 6.07) is 2.26. The number of sulfonamides is 1. The van der Waals surface area contributed by atoms with Gasteiger partial charge in [-0.15, -0.1) is 11.3 Å². The first-order chi connectivity index (χ1) is 9.91. The third-order valence-electron chi connectivity index (χ3n) is 3.79. The lowest BCUT2D eigenvalue weighted by molar-refractivity contribution is 0.423. The van der Waals surface area contributed by atoms with Crippen molar-refractivity contribution in [3.63, 3.8) is 0 Å². The number of aryl methyl sites for hydroxylation is 1. The van der Waals surface area contributed by atoms with Gasteiger partial charge in [-0.2, -0.15) is 4.31 Å². The van der Waals surface area contributed by atoms with E-state index in [1.165, 1.54) is 0 Å². The minimum Gasteiger partial charge on any atom is -0.310 e. The molecule has 2 rings (SSSR count). The zero-order chi connectivity index (χ0) is 15.5. The average molecular weight is 331 g/mol. The van der Waals surface area contributed by atoms with Gasteiger partial charge in [0.15, 0.2) is 0 Å². The summed E-state index contributed by atoms with van der Waals surface area (Å²) in [5, 5.41) is 3.35. The largest absolute Gasteiger partial charge is 0.310 e. The van der Waals surface area contributed by atoms with Crippen LogP contribution in [0, 0.1) is 6.92 Å². The van der Waals surface area contributed by atoms with E-state index in [-0.39, 0.29) is 0 Å². The Morgan fingerprint density at radius 2 is 1.86 bits per heavy atom. The van der Waals surface area contributed by atoms with E-state index in [1.54, 1.807) is 15.6 Å². The number of nitrogens with zero attached hydrogens (tertiary/aromatic N) is 1. The van der Waals surface area contributed by atoms with Crippen LogP contribution >= 0.6 is 11.3 Å². The summed E-state index contributed by atoms with van der Waals surface area (Å²) in [6.07, 6.45) is 4.23. The quantitative estimate of drug-likeness (QED) is 0.902. The summed E-state index contributed by atoms with van der Waals surface area (Å²) in [6.45, 7) is 8.16. The molecule has 1 aromatic heterocycles. The van der Waals surface area contributed by atoms with E-state index in [1.807, 2.05) is 13.0 Å². The highest BCUT2D eigenvalue weighted by molar-refractivity contribution is 7.89. The molecule has 1 aromatic rings. The molecule has 2 heterocycles. The highest BCUT2D eigenvalue weighted by atomic mass is 32.2. The Morgan fingerprint density at radius 3 is 2.43 bits per heavy atom. The molecule has 0 saturated carbocycles. The molecule has 0 spiro atoms. The summed E-state index contributed by atoms with van der Waals surface area (Å²) in [7, 11) is -3.32. The zero-order valence-electron chi connectivity index (χ0n) is 13.2. The van der Waals surface area contributed by atoms with Crippen molar-refractivity contribution in [2.75, 3.05) is 13.1 Å². The zero-order valence-corrected chi connectivity index (χ0v) is 14.8. The van der Waals surface area contributed by atoms with Gasteiger partial charge in [0.25, 0.3) is 0 Å². The molecule has 1 fully saturated rings. The Labute approximate surface area is 132 Å². The van der Waals surface area contributed by atoms with Gasteiger partial charge >= 0.3 is 0 Å². The monoisotopic (exact) mass is 330 g/mol. The van der Waals surface area contributed by atoms with Crippen LogP contribution in [-0.4, -0.2) is 31.9 Å². The number of hydrogen-bond donors (Lipinski definition) is 1. The minimum absolute atomic E-state index is 0.401. The smallest absolute Gasteiger partial charge is 0.244 e. The SMILES string of the molecule is Cc1sc(CNC(C)C)cc1S(=O)(=O)N1CCCCCC1. The summed E-state index contributed by atoms with van der Waals surface area (Å²) >= 11 is 1.58. The van der Waals surface area contributed by atoms with Gasteiger partial charge in [0.1, 0.15) is 0 Å². The maximum absolute atomic E-state index is 12.8. The van der Waals surface area contributed by atoms with Gasteiger partial charge < -0.3 is 5.32 Å². The molecule has 0 aliphatic carbocycles. The molecular weight excluding hydrogens is 304 g/mol. The predicted octanol–water partition coefficient (Wildman–Crippen LogP) is 3.12. The van der Waals surface area contributed by atoms with Crippen LogP contribution in [0.15, 0.2) is 11.0 Å². The maximum Gasteiger partial charge on any atom is 0.244 e. The van der Waals surface area contributed by atoms with Gasteiger partial charge in [0.2, 0.25) is 10.0 Å². The van der Waals surface area contributed by atoms with E-state index < -0.39 is 10.0 Å². The summed E-state index contributed by atoms with van der Waals surface area (Å²) < 4.78 is 27.3. The lowest BCUT2D eigenvalue weighted by Crippen LogP contribution is -2.32. The van der Waals surface area contributed by atoms with Crippen molar-refractivity contribution in [2.45, 2.75) is 63.9 Å². The average Bonchev–Trinajstić information content (AvgIpc) is 2.64. The Balaban J connectivity index is 2.19. The van der Waals surface area contributed by atoms with Crippen LogP contribution in [0.2, 0.25) is 0 Å². The molecule has 4 nitrogen and oxygen atoms in total. The molecule has 120 valence electrons. The molecule has 0 bridgehead atoms. The van der Waals surface area contributed by atoms with Crippen molar-refractivity contribution >= 4 is 21.4 Å². The number of rotatable bonds is 5. The first kappa shape index (κ1) is 16.9. The standard InChI is InChI=1S/C15H26N2O2S2/c1-12(2)16-11-14-10-15(13(3)20-14)21(18,19)17-8-6-4-5-7-9-17/h10,12,16H,4-9,11H2,1-3H3. The molecule has 1 aliphatic rings. The van der Waals surface area contributed by atoms with Crippen LogP contribution in [0.25, 0.3) is 0 Å². The topological polar surface area (TPSA) is 49.4 Å². The van der Waals surface area contributed by atoms with Crippen molar-refractivity contribution in [3.8, 4) is 0 Å². The van der Waals surface area contributed by atoms with Crippen LogP contribution in [0.1, 0.15) is 49.3 Å². The Morgan fingerprint density at radius 1 is 1.24 bits per heavy atom. The second-order valence-corrected chi connectivity index (χ2v) is 9.23. The van der Waals surface area contributed by atoms with Crippen molar-refractivity contribution in [1.82, 2.24) is 9.62 Å². The lowest BCUT2D eigenvalue weighted by atomic mass is 10.2. The molecule has 0 amide bonds. The van der Waals surface area contributed by atoms with Crippen LogP contribution < -0.4 is 5.32 Å². The molecule has 21 heavy (non-hydrogen) atoms. The van der Waals surface area contributed by atoms with E-state index in [9.17, 15) is 8.42 Å². The molecule has 0 unspecified atom stereocenters. The molecule has 0 aromatic carbocycles. The van der Waals surface area contributed by atoms with Crippen molar-refractivity contribution < 1.29 is 8.42 Å². The van der Waals surface area contributed by atoms with Crippen molar-refractivity contribution in [3.05, 3.63) is 15.8 Å². The summed E-state index contributed by atoms with van der Waals surface area (Å²) in [5.41, 5.74) is 0. The lowest BCUT2D eigenvalue weighted by Gasteiger charge is -2.19. The molecular formula is C15H26N2O2S2. The van der Waals surface area contributed by atoms with E-state index in [2.05, 4.69) is 19.2 Å². The van der Waals surface area contributed by atoms with Gasteiger partial charge in [0, 0.05) is 35.4 Å². The molecule has 1 saturated heterocycles. The van der Waals surface area contributed by atoms with Gasteiger partial charge in [-0.1, -0.05) is 26.7 Å². The second kappa shape index (κ2) is 7.22. The molecule has 0 atom stereocenters. The highest BCUT2D eigenvalue weighted by Gasteiger charge is 2.28. The first-order valence-corrected chi connectivity index (χ1v) is 10.00. The predicted molar refractivity (Wildman–Crippen MR) is 88.3 cm³/mol. The first-order valence-electron chi connectivity index (χ1n) is 7.74. The fourth-order valence-corrected chi connectivity index (χ4v) is 5.67. The normalized spacial score (nSPS) is 18.1. The van der Waals surface area contributed by atoms with Crippen LogP contribution in [0.5, 0.6) is 0 Å². The van der Waals surface area contributed by atoms with Gasteiger partial charge in [-0.25, -0.2) is 8.42 Å².